The molecule has 0 atom stereocenters. The van der Waals surface area contributed by atoms with Gasteiger partial charge in [0.2, 0.25) is 10.0 Å². The maximum Gasteiger partial charge on any atom is 0.389 e. The van der Waals surface area contributed by atoms with Crippen molar-refractivity contribution in [2.75, 3.05) is 18.4 Å². The molecule has 0 spiro atoms. The molecule has 10 heteroatoms. The van der Waals surface area contributed by atoms with E-state index in [-0.39, 0.29) is 23.4 Å². The number of amides is 2. The van der Waals surface area contributed by atoms with Crippen molar-refractivity contribution in [2.45, 2.75) is 87.7 Å². The van der Waals surface area contributed by atoms with Crippen molar-refractivity contribution in [3.63, 3.8) is 0 Å². The SMILES string of the molecule is O=C(Nc1ccc(CCCCCCCCCC(F)(F)F)cc1)NC1CCN(S(=O)(=O)c2ccccc2)CC1. The number of alkyl halides is 3. The van der Waals surface area contributed by atoms with Gasteiger partial charge < -0.3 is 10.6 Å². The number of hydrogen-bond acceptors (Lipinski definition) is 3. The minimum absolute atomic E-state index is 0.0962. The first-order chi connectivity index (χ1) is 18.1. The predicted octanol–water partition coefficient (Wildman–Crippen LogP) is 6.89. The van der Waals surface area contributed by atoms with Gasteiger partial charge in [0.05, 0.1) is 4.90 Å². The highest BCUT2D eigenvalue weighted by Gasteiger charge is 2.30. The third-order valence-electron chi connectivity index (χ3n) is 6.81. The number of anilines is 1. The van der Waals surface area contributed by atoms with Crippen LogP contribution in [0.3, 0.4) is 0 Å². The van der Waals surface area contributed by atoms with E-state index in [0.29, 0.717) is 38.0 Å². The van der Waals surface area contributed by atoms with Gasteiger partial charge in [0.15, 0.2) is 0 Å². The highest BCUT2D eigenvalue weighted by molar-refractivity contribution is 7.89. The molecule has 38 heavy (non-hydrogen) atoms. The van der Waals surface area contributed by atoms with Gasteiger partial charge in [-0.25, -0.2) is 13.2 Å². The number of unbranched alkanes of at least 4 members (excludes halogenated alkanes) is 6. The van der Waals surface area contributed by atoms with Crippen LogP contribution in [0, 0.1) is 0 Å². The molecule has 2 N–H and O–H groups in total. The van der Waals surface area contributed by atoms with Crippen molar-refractivity contribution in [1.29, 1.82) is 0 Å². The van der Waals surface area contributed by atoms with Crippen LogP contribution in [-0.4, -0.2) is 44.1 Å². The number of aryl methyl sites for hydroxylation is 1. The molecule has 3 rings (SSSR count). The Bertz CT molecular complexity index is 1090. The molecule has 210 valence electrons. The first-order valence-electron chi connectivity index (χ1n) is 13.4. The Balaban J connectivity index is 1.29. The number of carbonyl (C=O) groups excluding carboxylic acids is 1. The van der Waals surface area contributed by atoms with Gasteiger partial charge in [0.1, 0.15) is 0 Å². The second-order valence-corrected chi connectivity index (χ2v) is 11.8. The lowest BCUT2D eigenvalue weighted by atomic mass is 10.0. The normalized spacial score (nSPS) is 15.3. The van der Waals surface area contributed by atoms with Crippen molar-refractivity contribution < 1.29 is 26.4 Å². The number of urea groups is 1. The third kappa shape index (κ3) is 10.3. The van der Waals surface area contributed by atoms with E-state index in [1.165, 1.54) is 9.87 Å². The third-order valence-corrected chi connectivity index (χ3v) is 8.72. The summed E-state index contributed by atoms with van der Waals surface area (Å²) in [6.45, 7) is 0.712. The minimum atomic E-state index is -4.04. The lowest BCUT2D eigenvalue weighted by Gasteiger charge is -2.31. The average Bonchev–Trinajstić information content (AvgIpc) is 2.89. The molecular weight excluding hydrogens is 515 g/mol. The molecule has 1 aliphatic heterocycles. The first-order valence-corrected chi connectivity index (χ1v) is 14.9. The van der Waals surface area contributed by atoms with Gasteiger partial charge in [0.25, 0.3) is 0 Å². The highest BCUT2D eigenvalue weighted by Crippen LogP contribution is 2.23. The summed E-state index contributed by atoms with van der Waals surface area (Å²) in [5.74, 6) is 0. The summed E-state index contributed by atoms with van der Waals surface area (Å²) in [6, 6.07) is 15.7. The smallest absolute Gasteiger partial charge is 0.335 e. The van der Waals surface area contributed by atoms with Crippen LogP contribution in [0.5, 0.6) is 0 Å². The fourth-order valence-electron chi connectivity index (χ4n) is 4.63. The number of rotatable bonds is 13. The Morgan fingerprint density at radius 1 is 0.842 bits per heavy atom. The minimum Gasteiger partial charge on any atom is -0.335 e. The van der Waals surface area contributed by atoms with Crippen LogP contribution in [0.25, 0.3) is 0 Å². The molecule has 0 radical (unpaired) electrons. The van der Waals surface area contributed by atoms with Crippen molar-refractivity contribution in [3.8, 4) is 0 Å². The van der Waals surface area contributed by atoms with Gasteiger partial charge in [-0.1, -0.05) is 62.4 Å². The molecule has 0 saturated carbocycles. The Hall–Kier alpha value is -2.59. The van der Waals surface area contributed by atoms with Crippen LogP contribution in [-0.2, 0) is 16.4 Å². The van der Waals surface area contributed by atoms with Crippen LogP contribution in [0.1, 0.15) is 69.8 Å². The lowest BCUT2D eigenvalue weighted by Crippen LogP contribution is -2.47. The van der Waals surface area contributed by atoms with E-state index in [1.54, 1.807) is 30.3 Å². The van der Waals surface area contributed by atoms with E-state index in [0.717, 1.165) is 38.5 Å². The number of nitrogens with zero attached hydrogens (tertiary/aromatic N) is 1. The fourth-order valence-corrected chi connectivity index (χ4v) is 6.12. The predicted molar refractivity (Wildman–Crippen MR) is 144 cm³/mol. The van der Waals surface area contributed by atoms with Gasteiger partial charge in [0, 0.05) is 31.2 Å². The number of benzene rings is 2. The second kappa shape index (κ2) is 14.5. The molecule has 1 aliphatic rings. The molecule has 0 aliphatic carbocycles. The molecule has 6 nitrogen and oxygen atoms in total. The van der Waals surface area contributed by atoms with E-state index in [2.05, 4.69) is 10.6 Å². The summed E-state index contributed by atoms with van der Waals surface area (Å²) in [5, 5.41) is 5.78. The maximum absolute atomic E-state index is 12.8. The van der Waals surface area contributed by atoms with Crippen molar-refractivity contribution >= 4 is 21.7 Å². The van der Waals surface area contributed by atoms with Crippen LogP contribution in [0.15, 0.2) is 59.5 Å². The summed E-state index contributed by atoms with van der Waals surface area (Å²) in [4.78, 5) is 12.7. The maximum atomic E-state index is 12.8. The Labute approximate surface area is 224 Å². The van der Waals surface area contributed by atoms with Crippen molar-refractivity contribution in [1.82, 2.24) is 9.62 Å². The molecule has 1 saturated heterocycles. The largest absolute Gasteiger partial charge is 0.389 e. The zero-order valence-corrected chi connectivity index (χ0v) is 22.5. The van der Waals surface area contributed by atoms with Gasteiger partial charge in [-0.15, -0.1) is 0 Å². The van der Waals surface area contributed by atoms with Crippen LogP contribution < -0.4 is 10.6 Å². The fraction of sp³-hybridized carbons (Fsp3) is 0.536. The summed E-state index contributed by atoms with van der Waals surface area (Å²) in [7, 11) is -3.52. The van der Waals surface area contributed by atoms with Crippen LogP contribution in [0.2, 0.25) is 0 Å². The zero-order valence-electron chi connectivity index (χ0n) is 21.7. The number of sulfonamides is 1. The van der Waals surface area contributed by atoms with E-state index < -0.39 is 22.6 Å². The number of nitrogens with one attached hydrogen (secondary N) is 2. The van der Waals surface area contributed by atoms with Gasteiger partial charge in [-0.2, -0.15) is 17.5 Å². The number of halogens is 3. The molecule has 1 fully saturated rings. The molecular formula is C28H38F3N3O3S. The van der Waals surface area contributed by atoms with Crippen LogP contribution >= 0.6 is 0 Å². The van der Waals surface area contributed by atoms with E-state index >= 15 is 0 Å². The first kappa shape index (κ1) is 30.0. The van der Waals surface area contributed by atoms with E-state index in [1.807, 2.05) is 24.3 Å². The summed E-state index contributed by atoms with van der Waals surface area (Å²) in [6.07, 6.45) is 3.08. The van der Waals surface area contributed by atoms with Crippen molar-refractivity contribution in [3.05, 3.63) is 60.2 Å². The highest BCUT2D eigenvalue weighted by atomic mass is 32.2. The quantitative estimate of drug-likeness (QED) is 0.265. The Morgan fingerprint density at radius 2 is 1.42 bits per heavy atom. The van der Waals surface area contributed by atoms with Crippen molar-refractivity contribution in [2.24, 2.45) is 0 Å². The van der Waals surface area contributed by atoms with Gasteiger partial charge in [-0.05, 0) is 61.9 Å². The van der Waals surface area contributed by atoms with E-state index in [9.17, 15) is 26.4 Å². The molecule has 1 heterocycles. The molecule has 2 aromatic carbocycles. The summed E-state index contributed by atoms with van der Waals surface area (Å²) < 4.78 is 63.3. The zero-order chi connectivity index (χ0) is 27.4. The average molecular weight is 554 g/mol. The number of carbonyl (C=O) groups is 1. The van der Waals surface area contributed by atoms with E-state index in [4.69, 9.17) is 0 Å². The standard InChI is InChI=1S/C28H38F3N3O3S/c29-28(30,31)20-10-5-3-1-2-4-7-11-23-14-16-24(17-15-23)32-27(35)33-25-18-21-34(22-19-25)38(36,37)26-12-8-6-9-13-26/h6,8-9,12-17,25H,1-5,7,10-11,18-22H2,(H2,32,33,35). The Morgan fingerprint density at radius 3 is 2.03 bits per heavy atom. The second-order valence-electron chi connectivity index (χ2n) is 9.88. The summed E-state index contributed by atoms with van der Waals surface area (Å²) in [5.41, 5.74) is 1.86. The lowest BCUT2D eigenvalue weighted by molar-refractivity contribution is -0.135. The Kier molecular flexibility index (Phi) is 11.5. The number of piperidine rings is 1. The van der Waals surface area contributed by atoms with Crippen LogP contribution in [0.4, 0.5) is 23.7 Å². The molecule has 0 aromatic heterocycles. The topological polar surface area (TPSA) is 78.5 Å². The molecule has 0 unspecified atom stereocenters. The summed E-state index contributed by atoms with van der Waals surface area (Å²) >= 11 is 0. The monoisotopic (exact) mass is 553 g/mol. The van der Waals surface area contributed by atoms with Gasteiger partial charge >= 0.3 is 12.2 Å². The molecule has 2 aromatic rings. The van der Waals surface area contributed by atoms with Gasteiger partial charge in [-0.3, -0.25) is 0 Å². The molecule has 2 amide bonds. The number of hydrogen-bond donors (Lipinski definition) is 2. The molecule has 0 bridgehead atoms.